The van der Waals surface area contributed by atoms with Crippen LogP contribution >= 0.6 is 0 Å². The molecule has 1 unspecified atom stereocenters. The number of likely N-dealkylation sites (tertiary alicyclic amines) is 1. The summed E-state index contributed by atoms with van der Waals surface area (Å²) in [5.74, 6) is -1.74. The number of amides is 2. The van der Waals surface area contributed by atoms with Crippen LogP contribution in [0.2, 0.25) is 0 Å². The molecule has 1 atom stereocenters. The largest absolute Gasteiger partial charge is 0.481 e. The predicted molar refractivity (Wildman–Crippen MR) is 64.3 cm³/mol. The van der Waals surface area contributed by atoms with Crippen molar-refractivity contribution >= 4 is 17.8 Å². The van der Waals surface area contributed by atoms with E-state index in [1.54, 1.807) is 4.90 Å². The Balaban J connectivity index is 1.90. The highest BCUT2D eigenvalue weighted by Gasteiger charge is 2.32. The molecule has 2 rings (SSSR count). The van der Waals surface area contributed by atoms with E-state index in [9.17, 15) is 14.4 Å². The molecule has 1 N–H and O–H groups in total. The van der Waals surface area contributed by atoms with Crippen molar-refractivity contribution in [3.05, 3.63) is 0 Å². The molecule has 2 fully saturated rings. The lowest BCUT2D eigenvalue weighted by Gasteiger charge is -2.33. The summed E-state index contributed by atoms with van der Waals surface area (Å²) in [5, 5.41) is 8.98. The predicted octanol–water partition coefficient (Wildman–Crippen LogP) is -0.832. The summed E-state index contributed by atoms with van der Waals surface area (Å²) in [6.45, 7) is 2.19. The number of morpholine rings is 1. The number of aliphatic carboxylic acids is 1. The number of carboxylic acid groups (broad SMARTS) is 1. The van der Waals surface area contributed by atoms with Crippen molar-refractivity contribution in [2.24, 2.45) is 5.92 Å². The molecule has 0 radical (unpaired) electrons. The number of hydrogen-bond donors (Lipinski definition) is 1. The van der Waals surface area contributed by atoms with Gasteiger partial charge in [-0.15, -0.1) is 0 Å². The Labute approximate surface area is 111 Å². The van der Waals surface area contributed by atoms with Gasteiger partial charge < -0.3 is 19.6 Å². The van der Waals surface area contributed by atoms with E-state index >= 15 is 0 Å². The van der Waals surface area contributed by atoms with Gasteiger partial charge in [-0.25, -0.2) is 0 Å². The van der Waals surface area contributed by atoms with Gasteiger partial charge in [0, 0.05) is 26.1 Å². The van der Waals surface area contributed by atoms with E-state index in [1.807, 2.05) is 0 Å². The molecule has 0 aromatic heterocycles. The number of carbonyl (C=O) groups excluding carboxylic acids is 2. The fourth-order valence-electron chi connectivity index (χ4n) is 2.35. The number of carbonyl (C=O) groups is 3. The quantitative estimate of drug-likeness (QED) is 0.723. The Bertz CT molecular complexity index is 378. The summed E-state index contributed by atoms with van der Waals surface area (Å²) in [4.78, 5) is 37.7. The van der Waals surface area contributed by atoms with Gasteiger partial charge in [-0.1, -0.05) is 0 Å². The zero-order chi connectivity index (χ0) is 13.8. The van der Waals surface area contributed by atoms with E-state index in [2.05, 4.69) is 0 Å². The van der Waals surface area contributed by atoms with E-state index in [-0.39, 0.29) is 31.3 Å². The lowest BCUT2D eigenvalue weighted by atomic mass is 9.98. The second kappa shape index (κ2) is 6.01. The number of rotatable bonds is 3. The first kappa shape index (κ1) is 13.8. The van der Waals surface area contributed by atoms with Crippen molar-refractivity contribution in [3.63, 3.8) is 0 Å². The highest BCUT2D eigenvalue weighted by atomic mass is 16.5. The highest BCUT2D eigenvalue weighted by Crippen LogP contribution is 2.17. The summed E-state index contributed by atoms with van der Waals surface area (Å²) in [5.41, 5.74) is 0. The molecule has 19 heavy (non-hydrogen) atoms. The van der Waals surface area contributed by atoms with Crippen LogP contribution in [-0.2, 0) is 19.1 Å². The Morgan fingerprint density at radius 3 is 2.63 bits per heavy atom. The van der Waals surface area contributed by atoms with Gasteiger partial charge >= 0.3 is 5.97 Å². The summed E-state index contributed by atoms with van der Waals surface area (Å²) in [7, 11) is 0. The molecule has 2 heterocycles. The molecule has 7 heteroatoms. The van der Waals surface area contributed by atoms with Crippen molar-refractivity contribution in [2.45, 2.75) is 12.8 Å². The molecular formula is C12H18N2O5. The molecular weight excluding hydrogens is 252 g/mol. The first-order valence-electron chi connectivity index (χ1n) is 6.44. The van der Waals surface area contributed by atoms with Gasteiger partial charge in [0.15, 0.2) is 0 Å². The molecule has 2 aliphatic rings. The third-order valence-electron chi connectivity index (χ3n) is 3.54. The number of nitrogens with zero attached hydrogens (tertiary/aromatic N) is 2. The van der Waals surface area contributed by atoms with Gasteiger partial charge in [0.2, 0.25) is 11.8 Å². The second-order valence-electron chi connectivity index (χ2n) is 4.84. The summed E-state index contributed by atoms with van der Waals surface area (Å²) >= 11 is 0. The molecule has 0 saturated carbocycles. The number of ether oxygens (including phenoxy) is 1. The van der Waals surface area contributed by atoms with Crippen LogP contribution in [-0.4, -0.2) is 72.1 Å². The van der Waals surface area contributed by atoms with Gasteiger partial charge in [-0.3, -0.25) is 14.4 Å². The van der Waals surface area contributed by atoms with Gasteiger partial charge in [0.05, 0.1) is 25.7 Å². The van der Waals surface area contributed by atoms with E-state index in [1.165, 1.54) is 4.90 Å². The van der Waals surface area contributed by atoms with Crippen LogP contribution in [0.5, 0.6) is 0 Å². The Hall–Kier alpha value is -1.63. The second-order valence-corrected chi connectivity index (χ2v) is 4.84. The maximum atomic E-state index is 12.0. The minimum absolute atomic E-state index is 0.0252. The van der Waals surface area contributed by atoms with Crippen molar-refractivity contribution < 1.29 is 24.2 Å². The Morgan fingerprint density at radius 1 is 1.32 bits per heavy atom. The Kier molecular flexibility index (Phi) is 4.36. The molecule has 2 aliphatic heterocycles. The fourth-order valence-corrected chi connectivity index (χ4v) is 2.35. The zero-order valence-electron chi connectivity index (χ0n) is 10.7. The minimum Gasteiger partial charge on any atom is -0.481 e. The minimum atomic E-state index is -0.906. The maximum Gasteiger partial charge on any atom is 0.308 e. The smallest absolute Gasteiger partial charge is 0.308 e. The Morgan fingerprint density at radius 2 is 2.00 bits per heavy atom. The van der Waals surface area contributed by atoms with Crippen LogP contribution in [0.15, 0.2) is 0 Å². The van der Waals surface area contributed by atoms with Crippen molar-refractivity contribution in [3.8, 4) is 0 Å². The first-order chi connectivity index (χ1) is 9.08. The molecule has 0 aliphatic carbocycles. The summed E-state index contributed by atoms with van der Waals surface area (Å²) in [6.07, 6.45) is 0.559. The number of hydrogen-bond acceptors (Lipinski definition) is 4. The molecule has 0 aromatic carbocycles. The molecule has 2 amide bonds. The summed E-state index contributed by atoms with van der Waals surface area (Å²) in [6, 6.07) is 0. The van der Waals surface area contributed by atoms with Gasteiger partial charge in [-0.2, -0.15) is 0 Å². The number of carboxylic acids is 1. The van der Waals surface area contributed by atoms with Crippen LogP contribution in [0, 0.1) is 5.92 Å². The monoisotopic (exact) mass is 270 g/mol. The topological polar surface area (TPSA) is 87.2 Å². The molecule has 0 bridgehead atoms. The van der Waals surface area contributed by atoms with E-state index in [4.69, 9.17) is 9.84 Å². The van der Waals surface area contributed by atoms with Crippen molar-refractivity contribution in [1.82, 2.24) is 9.80 Å². The third-order valence-corrected chi connectivity index (χ3v) is 3.54. The van der Waals surface area contributed by atoms with Crippen LogP contribution in [0.3, 0.4) is 0 Å². The van der Waals surface area contributed by atoms with Crippen molar-refractivity contribution in [2.75, 3.05) is 39.4 Å². The van der Waals surface area contributed by atoms with E-state index < -0.39 is 11.9 Å². The van der Waals surface area contributed by atoms with Gasteiger partial charge in [-0.05, 0) is 6.42 Å². The average Bonchev–Trinajstić information content (AvgIpc) is 2.42. The molecule has 2 saturated heterocycles. The zero-order valence-corrected chi connectivity index (χ0v) is 10.7. The van der Waals surface area contributed by atoms with Crippen LogP contribution < -0.4 is 0 Å². The molecule has 7 nitrogen and oxygen atoms in total. The van der Waals surface area contributed by atoms with Crippen molar-refractivity contribution in [1.29, 1.82) is 0 Å². The SMILES string of the molecule is O=C(O)C1CCC(=O)N(CC(=O)N2CCOCC2)C1. The van der Waals surface area contributed by atoms with Crippen LogP contribution in [0.1, 0.15) is 12.8 Å². The van der Waals surface area contributed by atoms with Crippen LogP contribution in [0.4, 0.5) is 0 Å². The summed E-state index contributed by atoms with van der Waals surface area (Å²) < 4.78 is 5.16. The van der Waals surface area contributed by atoms with Gasteiger partial charge in [0.1, 0.15) is 0 Å². The fraction of sp³-hybridized carbons (Fsp3) is 0.750. The standard InChI is InChI=1S/C12H18N2O5/c15-10-2-1-9(12(17)18)7-14(10)8-11(16)13-3-5-19-6-4-13/h9H,1-8H2,(H,17,18). The lowest BCUT2D eigenvalue weighted by molar-refractivity contribution is -0.151. The molecule has 0 spiro atoms. The molecule has 106 valence electrons. The van der Waals surface area contributed by atoms with E-state index in [0.717, 1.165) is 0 Å². The maximum absolute atomic E-state index is 12.0. The normalized spacial score (nSPS) is 24.4. The number of piperidine rings is 1. The average molecular weight is 270 g/mol. The van der Waals surface area contributed by atoms with E-state index in [0.29, 0.717) is 32.7 Å². The highest BCUT2D eigenvalue weighted by molar-refractivity contribution is 5.86. The third kappa shape index (κ3) is 3.44. The van der Waals surface area contributed by atoms with Crippen LogP contribution in [0.25, 0.3) is 0 Å². The first-order valence-corrected chi connectivity index (χ1v) is 6.44. The molecule has 0 aromatic rings. The lowest BCUT2D eigenvalue weighted by Crippen LogP contribution is -2.50. The van der Waals surface area contributed by atoms with Gasteiger partial charge in [0.25, 0.3) is 0 Å².